The fraction of sp³-hybridized carbons (Fsp3) is 0.627. The summed E-state index contributed by atoms with van der Waals surface area (Å²) >= 11 is 0. The van der Waals surface area contributed by atoms with Gasteiger partial charge in [0, 0.05) is 44.9 Å². The number of carbonyl (C=O) groups excluding carboxylic acids is 3. The van der Waals surface area contributed by atoms with Crippen LogP contribution in [0.2, 0.25) is 0 Å². The molecule has 0 radical (unpaired) electrons. The van der Waals surface area contributed by atoms with E-state index in [4.69, 9.17) is 26.4 Å². The number of carbonyl (C=O) groups is 3. The molecule has 0 spiro atoms. The number of rotatable bonds is 33. The summed E-state index contributed by atoms with van der Waals surface area (Å²) in [5, 5.41) is 48.4. The Morgan fingerprint density at radius 2 is 1.08 bits per heavy atom. The molecule has 7 N–H and O–H groups in total. The number of terminal acetylenes is 1. The lowest BCUT2D eigenvalue weighted by molar-refractivity contribution is -0.145. The van der Waals surface area contributed by atoms with Gasteiger partial charge in [0.2, 0.25) is 0 Å². The van der Waals surface area contributed by atoms with E-state index in [2.05, 4.69) is 12.5 Å². The van der Waals surface area contributed by atoms with Crippen LogP contribution in [0.4, 0.5) is 5.69 Å². The number of benzene rings is 2. The van der Waals surface area contributed by atoms with E-state index < -0.39 is 42.3 Å². The Hall–Kier alpha value is -4.41. The number of esters is 3. The Morgan fingerprint density at radius 1 is 0.651 bits per heavy atom. The Morgan fingerprint density at radius 3 is 1.49 bits per heavy atom. The van der Waals surface area contributed by atoms with E-state index in [-0.39, 0.29) is 37.4 Å². The highest BCUT2D eigenvalue weighted by atomic mass is 16.5. The quantitative estimate of drug-likeness (QED) is 0.00989. The number of unbranched alkanes of at least 4 members (excludes halogenated alkanes) is 18. The van der Waals surface area contributed by atoms with Crippen molar-refractivity contribution in [2.45, 2.75) is 192 Å². The lowest BCUT2D eigenvalue weighted by Crippen LogP contribution is -2.23. The number of hydrogen-bond acceptors (Lipinski definition) is 12. The number of aliphatic hydroxyl groups is 4. The molecule has 0 saturated heterocycles. The molecule has 0 heterocycles. The number of para-hydroxylation sites is 1. The summed E-state index contributed by atoms with van der Waals surface area (Å²) in [4.78, 5) is 33.0. The summed E-state index contributed by atoms with van der Waals surface area (Å²) < 4.78 is 14.5. The molecule has 0 saturated carbocycles. The molecule has 0 aliphatic rings. The van der Waals surface area contributed by atoms with E-state index in [9.17, 15) is 39.9 Å². The first-order valence-corrected chi connectivity index (χ1v) is 23.2. The van der Waals surface area contributed by atoms with Gasteiger partial charge in [-0.3, -0.25) is 9.59 Å². The zero-order valence-electron chi connectivity index (χ0n) is 38.4. The lowest BCUT2D eigenvalue weighted by atomic mass is 10.0. The number of phenolic OH excluding ortho intramolecular Hbond substituents is 1. The molecular weight excluding hydrogens is 803 g/mol. The molecule has 0 aromatic heterocycles. The van der Waals surface area contributed by atoms with E-state index in [1.165, 1.54) is 116 Å². The second-order valence-corrected chi connectivity index (χ2v) is 16.1. The molecule has 356 valence electrons. The van der Waals surface area contributed by atoms with Crippen molar-refractivity contribution in [1.82, 2.24) is 0 Å². The molecule has 4 atom stereocenters. The minimum absolute atomic E-state index is 0.0286. The van der Waals surface area contributed by atoms with Crippen LogP contribution >= 0.6 is 0 Å². The van der Waals surface area contributed by atoms with Gasteiger partial charge < -0.3 is 45.5 Å². The molecule has 12 heteroatoms. The van der Waals surface area contributed by atoms with Crippen molar-refractivity contribution >= 4 is 23.6 Å². The highest BCUT2D eigenvalue weighted by molar-refractivity contribution is 5.94. The van der Waals surface area contributed by atoms with E-state index in [0.717, 1.165) is 44.9 Å². The fourth-order valence-electron chi connectivity index (χ4n) is 6.55. The Labute approximate surface area is 378 Å². The molecule has 2 aromatic carbocycles. The summed E-state index contributed by atoms with van der Waals surface area (Å²) in [6, 6.07) is 12.9. The molecule has 2 aromatic rings. The molecule has 0 fully saturated rings. The highest BCUT2D eigenvalue weighted by Gasteiger charge is 2.15. The second-order valence-electron chi connectivity index (χ2n) is 16.1. The Kier molecular flexibility index (Phi) is 37.5. The van der Waals surface area contributed by atoms with E-state index in [1.54, 1.807) is 24.3 Å². The Balaban J connectivity index is 0.000000925. The first-order valence-electron chi connectivity index (χ1n) is 23.2. The fourth-order valence-corrected chi connectivity index (χ4v) is 6.55. The van der Waals surface area contributed by atoms with Gasteiger partial charge in [-0.25, -0.2) is 4.79 Å². The van der Waals surface area contributed by atoms with Crippen molar-refractivity contribution in [2.75, 3.05) is 18.9 Å². The van der Waals surface area contributed by atoms with Crippen molar-refractivity contribution in [1.29, 1.82) is 0 Å². The van der Waals surface area contributed by atoms with Gasteiger partial charge in [0.15, 0.2) is 0 Å². The molecule has 0 aliphatic heterocycles. The number of nitrogens with two attached hydrogens (primary N) is 1. The third-order valence-electron chi connectivity index (χ3n) is 10.0. The predicted molar refractivity (Wildman–Crippen MR) is 251 cm³/mol. The van der Waals surface area contributed by atoms with Crippen molar-refractivity contribution in [3.05, 3.63) is 66.7 Å². The molecular formula is C51H81NO11. The molecule has 12 nitrogen and oxygen atoms in total. The number of aromatic hydroxyl groups is 1. The van der Waals surface area contributed by atoms with Crippen molar-refractivity contribution < 1.29 is 54.1 Å². The maximum Gasteiger partial charge on any atom is 0.347 e. The van der Waals surface area contributed by atoms with Gasteiger partial charge in [-0.15, -0.1) is 18.9 Å². The number of anilines is 1. The van der Waals surface area contributed by atoms with Crippen LogP contribution in [0, 0.1) is 12.3 Å². The van der Waals surface area contributed by atoms with E-state index in [0.29, 0.717) is 24.3 Å². The number of phenols is 1. The number of allylic oxidation sites excluding steroid dienone is 1. The van der Waals surface area contributed by atoms with Crippen LogP contribution in [0.5, 0.6) is 11.5 Å². The molecule has 2 rings (SSSR count). The van der Waals surface area contributed by atoms with Crippen molar-refractivity contribution in [2.24, 2.45) is 0 Å². The SMILES string of the molecule is C#CCCCCCCCCCCCC(O)CC(O)COC(C)=O.C=CCCCCCCCCCCCC(O)CC(O)COC(C)=O.Nc1ccc(C(=O)Oc2ccccc2)c(O)c1. The standard InChI is InChI=1S/C19H36O4.C19H34O4.C13H11NO3/c2*1-3-4-5-6-7-8-9-10-11-12-13-14-18(21)15-19(22)16-23-17(2)20;14-9-6-7-11(12(15)8-9)13(16)17-10-4-2-1-3-5-10/h3,18-19,21-22H,1,4-16H2,2H3;1,18-19,21-22H,4-16H2,2H3;1-8,15H,14H2. The summed E-state index contributed by atoms with van der Waals surface area (Å²) in [5.41, 5.74) is 5.94. The number of hydrogen-bond donors (Lipinski definition) is 6. The van der Waals surface area contributed by atoms with Crippen LogP contribution in [0.3, 0.4) is 0 Å². The predicted octanol–water partition coefficient (Wildman–Crippen LogP) is 9.92. The summed E-state index contributed by atoms with van der Waals surface area (Å²) in [6.45, 7) is 6.28. The molecule has 4 unspecified atom stereocenters. The molecule has 0 bridgehead atoms. The summed E-state index contributed by atoms with van der Waals surface area (Å²) in [6.07, 6.45) is 30.5. The van der Waals surface area contributed by atoms with Crippen LogP contribution in [-0.2, 0) is 19.1 Å². The van der Waals surface area contributed by atoms with Gasteiger partial charge in [-0.1, -0.05) is 127 Å². The van der Waals surface area contributed by atoms with Crippen LogP contribution in [-0.4, -0.2) is 81.1 Å². The second kappa shape index (κ2) is 40.4. The van der Waals surface area contributed by atoms with Gasteiger partial charge >= 0.3 is 17.9 Å². The smallest absolute Gasteiger partial charge is 0.347 e. The third kappa shape index (κ3) is 37.8. The minimum atomic E-state index is -0.775. The van der Waals surface area contributed by atoms with Gasteiger partial charge in [0.1, 0.15) is 30.3 Å². The zero-order valence-corrected chi connectivity index (χ0v) is 38.4. The maximum atomic E-state index is 11.7. The number of ether oxygens (including phenoxy) is 3. The summed E-state index contributed by atoms with van der Waals surface area (Å²) in [7, 11) is 0. The van der Waals surface area contributed by atoms with Gasteiger partial charge in [0.05, 0.1) is 24.4 Å². The minimum Gasteiger partial charge on any atom is -0.507 e. The topological polar surface area (TPSA) is 206 Å². The van der Waals surface area contributed by atoms with E-state index in [1.807, 2.05) is 12.1 Å². The maximum absolute atomic E-state index is 11.7. The number of aliphatic hydroxyl groups excluding tert-OH is 4. The lowest BCUT2D eigenvalue weighted by Gasteiger charge is -2.15. The van der Waals surface area contributed by atoms with Gasteiger partial charge in [-0.2, -0.15) is 0 Å². The first kappa shape index (κ1) is 58.6. The summed E-state index contributed by atoms with van der Waals surface area (Å²) in [5.74, 6) is 1.48. The van der Waals surface area contributed by atoms with Crippen LogP contribution in [0.1, 0.15) is 178 Å². The average molecular weight is 884 g/mol. The van der Waals surface area contributed by atoms with Crippen molar-refractivity contribution in [3.8, 4) is 23.8 Å². The molecule has 63 heavy (non-hydrogen) atoms. The largest absolute Gasteiger partial charge is 0.507 e. The van der Waals surface area contributed by atoms with Crippen molar-refractivity contribution in [3.63, 3.8) is 0 Å². The molecule has 0 aliphatic carbocycles. The highest BCUT2D eigenvalue weighted by Crippen LogP contribution is 2.22. The van der Waals surface area contributed by atoms with E-state index >= 15 is 0 Å². The van der Waals surface area contributed by atoms with Crippen LogP contribution in [0.25, 0.3) is 0 Å². The third-order valence-corrected chi connectivity index (χ3v) is 10.0. The van der Waals surface area contributed by atoms with Crippen LogP contribution < -0.4 is 10.5 Å². The monoisotopic (exact) mass is 884 g/mol. The van der Waals surface area contributed by atoms with Crippen LogP contribution in [0.15, 0.2) is 61.2 Å². The Bertz CT molecular complexity index is 1500. The average Bonchev–Trinajstić information content (AvgIpc) is 3.24. The van der Waals surface area contributed by atoms with Gasteiger partial charge in [0.25, 0.3) is 0 Å². The first-order chi connectivity index (χ1) is 30.3. The van der Waals surface area contributed by atoms with Gasteiger partial charge in [-0.05, 0) is 56.4 Å². The normalized spacial score (nSPS) is 12.5. The number of nitrogen functional groups attached to an aromatic ring is 1. The molecule has 0 amide bonds. The zero-order chi connectivity index (χ0) is 46.9.